The molecule has 0 saturated carbocycles. The second-order valence-corrected chi connectivity index (χ2v) is 8.89. The van der Waals surface area contributed by atoms with Gasteiger partial charge in [0.25, 0.3) is 0 Å². The van der Waals surface area contributed by atoms with E-state index >= 15 is 0 Å². The van der Waals surface area contributed by atoms with Gasteiger partial charge < -0.3 is 0 Å². The van der Waals surface area contributed by atoms with Gasteiger partial charge in [0.1, 0.15) is 0 Å². The molecular weight excluding hydrogens is 335 g/mol. The first-order chi connectivity index (χ1) is 6.68. The molecule has 0 heterocycles. The number of fused-ring (bicyclic) bond motifs is 3. The molecule has 0 nitrogen and oxygen atoms in total. The Balaban J connectivity index is 2.26. The van der Waals surface area contributed by atoms with Crippen LogP contribution in [0.25, 0.3) is 0 Å². The van der Waals surface area contributed by atoms with Gasteiger partial charge in [-0.15, -0.1) is 0 Å². The molecule has 1 aromatic rings. The molecule has 71 valence electrons. The summed E-state index contributed by atoms with van der Waals surface area (Å²) >= 11 is 1.32. The van der Waals surface area contributed by atoms with Gasteiger partial charge in [-0.05, 0) is 0 Å². The Morgan fingerprint density at radius 2 is 1.93 bits per heavy atom. The van der Waals surface area contributed by atoms with E-state index in [1.807, 2.05) is 0 Å². The standard InChI is InChI=1S/C13H15.Hf/c1-9-5-6-11-8-7-10-3-2-4-12(10)13(9)11;/h7-8H,2-6H2,1H3;. The van der Waals surface area contributed by atoms with Crippen LogP contribution >= 0.6 is 0 Å². The molecule has 0 spiro atoms. The van der Waals surface area contributed by atoms with Gasteiger partial charge in [-0.3, -0.25) is 0 Å². The van der Waals surface area contributed by atoms with Crippen molar-refractivity contribution in [3.05, 3.63) is 34.4 Å². The molecule has 1 heteroatoms. The summed E-state index contributed by atoms with van der Waals surface area (Å²) in [7, 11) is 0. The van der Waals surface area contributed by atoms with Gasteiger partial charge in [0.2, 0.25) is 0 Å². The average Bonchev–Trinajstić information content (AvgIpc) is 2.69. The molecule has 0 aliphatic heterocycles. The predicted octanol–water partition coefficient (Wildman–Crippen LogP) is 2.88. The van der Waals surface area contributed by atoms with Crippen LogP contribution in [0, 0.1) is 0 Å². The molecule has 2 aliphatic rings. The first kappa shape index (κ1) is 9.33. The van der Waals surface area contributed by atoms with Crippen LogP contribution in [0.1, 0.15) is 42.0 Å². The van der Waals surface area contributed by atoms with Crippen LogP contribution in [0.3, 0.4) is 0 Å². The van der Waals surface area contributed by atoms with Crippen molar-refractivity contribution in [2.24, 2.45) is 0 Å². The predicted molar refractivity (Wildman–Crippen MR) is 54.1 cm³/mol. The van der Waals surface area contributed by atoms with Crippen LogP contribution in [0.5, 0.6) is 0 Å². The fraction of sp³-hybridized carbons (Fsp3) is 0.538. The van der Waals surface area contributed by atoms with E-state index in [9.17, 15) is 0 Å². The van der Waals surface area contributed by atoms with Crippen molar-refractivity contribution < 1.29 is 24.4 Å². The van der Waals surface area contributed by atoms with E-state index in [2.05, 4.69) is 19.1 Å². The van der Waals surface area contributed by atoms with E-state index < -0.39 is 0 Å². The topological polar surface area (TPSA) is 0 Å². The molecule has 14 heavy (non-hydrogen) atoms. The van der Waals surface area contributed by atoms with Crippen LogP contribution in [-0.2, 0) is 46.8 Å². The maximum absolute atomic E-state index is 2.48. The number of aryl methyl sites for hydroxylation is 2. The first-order valence-corrected chi connectivity index (χ1v) is 7.37. The fourth-order valence-electron chi connectivity index (χ4n) is 3.12. The van der Waals surface area contributed by atoms with E-state index in [0.717, 1.165) is 0 Å². The third-order valence-corrected chi connectivity index (χ3v) is 5.61. The van der Waals surface area contributed by atoms with Crippen LogP contribution in [0.15, 0.2) is 12.1 Å². The molecule has 0 aromatic heterocycles. The summed E-state index contributed by atoms with van der Waals surface area (Å²) in [6.07, 6.45) is 6.83. The Bertz CT molecular complexity index is 390. The van der Waals surface area contributed by atoms with Gasteiger partial charge in [0.15, 0.2) is 0 Å². The molecule has 0 amide bonds. The van der Waals surface area contributed by atoms with E-state index in [1.54, 1.807) is 22.3 Å². The molecule has 0 radical (unpaired) electrons. The van der Waals surface area contributed by atoms with E-state index in [-0.39, 0.29) is 0 Å². The summed E-state index contributed by atoms with van der Waals surface area (Å²) in [5.74, 6) is 0. The minimum atomic E-state index is 0.588. The molecular formula is C13H15Hf. The maximum atomic E-state index is 2.48. The van der Waals surface area contributed by atoms with Gasteiger partial charge in [-0.25, -0.2) is 0 Å². The van der Waals surface area contributed by atoms with Gasteiger partial charge in [-0.1, -0.05) is 0 Å². The van der Waals surface area contributed by atoms with Crippen molar-refractivity contribution in [3.63, 3.8) is 0 Å². The zero-order chi connectivity index (χ0) is 9.76. The second kappa shape index (κ2) is 3.04. The Hall–Kier alpha value is 0.0901. The van der Waals surface area contributed by atoms with Crippen LogP contribution in [-0.4, -0.2) is 0 Å². The Labute approximate surface area is 101 Å². The average molecular weight is 350 g/mol. The van der Waals surface area contributed by atoms with Crippen molar-refractivity contribution in [2.75, 3.05) is 0 Å². The molecule has 0 fully saturated rings. The van der Waals surface area contributed by atoms with Gasteiger partial charge >= 0.3 is 101 Å². The molecule has 0 N–H and O–H groups in total. The summed E-state index contributed by atoms with van der Waals surface area (Å²) in [6.45, 7) is 2.48. The summed E-state index contributed by atoms with van der Waals surface area (Å²) in [4.78, 5) is 0. The Kier molecular flexibility index (Phi) is 2.02. The normalized spacial score (nSPS) is 28.9. The number of hydrogen-bond acceptors (Lipinski definition) is 0. The van der Waals surface area contributed by atoms with Crippen LogP contribution in [0.4, 0.5) is 0 Å². The minimum absolute atomic E-state index is 0.588. The number of benzene rings is 1. The van der Waals surface area contributed by atoms with Crippen molar-refractivity contribution in [2.45, 2.75) is 42.2 Å². The Morgan fingerprint density at radius 3 is 2.79 bits per heavy atom. The summed E-state index contributed by atoms with van der Waals surface area (Å²) in [6, 6.07) is 4.80. The van der Waals surface area contributed by atoms with E-state index in [4.69, 9.17) is 0 Å². The zero-order valence-corrected chi connectivity index (χ0v) is 12.3. The third-order valence-electron chi connectivity index (χ3n) is 3.82. The second-order valence-electron chi connectivity index (χ2n) is 4.92. The number of hydrogen-bond donors (Lipinski definition) is 0. The monoisotopic (exact) mass is 351 g/mol. The Morgan fingerprint density at radius 1 is 1.14 bits per heavy atom. The zero-order valence-electron chi connectivity index (χ0n) is 8.69. The van der Waals surface area contributed by atoms with Crippen LogP contribution < -0.4 is 0 Å². The van der Waals surface area contributed by atoms with Crippen LogP contribution in [0.2, 0.25) is 0 Å². The summed E-state index contributed by atoms with van der Waals surface area (Å²) in [5, 5.41) is 0. The number of rotatable bonds is 0. The fourth-order valence-corrected chi connectivity index (χ4v) is 4.69. The van der Waals surface area contributed by atoms with Crippen molar-refractivity contribution >= 4 is 0 Å². The van der Waals surface area contributed by atoms with E-state index in [0.29, 0.717) is 3.17 Å². The molecule has 0 saturated heterocycles. The van der Waals surface area contributed by atoms with Gasteiger partial charge in [-0.2, -0.15) is 0 Å². The van der Waals surface area contributed by atoms with E-state index in [1.165, 1.54) is 56.5 Å². The van der Waals surface area contributed by atoms with Gasteiger partial charge in [0, 0.05) is 0 Å². The summed E-state index contributed by atoms with van der Waals surface area (Å²) in [5.41, 5.74) is 6.85. The van der Waals surface area contributed by atoms with Gasteiger partial charge in [0.05, 0.1) is 0 Å². The summed E-state index contributed by atoms with van der Waals surface area (Å²) < 4.78 is 0.588. The molecule has 1 aromatic carbocycles. The van der Waals surface area contributed by atoms with Crippen molar-refractivity contribution in [3.8, 4) is 0 Å². The van der Waals surface area contributed by atoms with Crippen molar-refractivity contribution in [1.29, 1.82) is 0 Å². The third kappa shape index (κ3) is 1.21. The molecule has 2 aliphatic carbocycles. The first-order valence-electron chi connectivity index (χ1n) is 5.57. The van der Waals surface area contributed by atoms with Crippen molar-refractivity contribution in [1.82, 2.24) is 0 Å². The molecule has 3 rings (SSSR count). The molecule has 1 atom stereocenters. The molecule has 1 unspecified atom stereocenters. The quantitative estimate of drug-likeness (QED) is 0.632. The molecule has 0 bridgehead atoms. The SMILES string of the molecule is C[C]1([Hf])CCc2ccc3c(c21)CCC3.